The van der Waals surface area contributed by atoms with Gasteiger partial charge in [0.2, 0.25) is 0 Å². The van der Waals surface area contributed by atoms with Gasteiger partial charge in [0.25, 0.3) is 0 Å². The molecule has 0 aromatic carbocycles. The SMILES string of the molecule is CCc1ncc(C(F)(F)F)cc1N. The Balaban J connectivity index is 3.10. The standard InChI is InChI=1S/C8H9F3N2/c1-2-7-6(12)3-5(4-13-7)8(9,10)11/h3-4H,2,12H2,1H3. The van der Waals surface area contributed by atoms with E-state index in [1.54, 1.807) is 6.92 Å². The molecule has 0 amide bonds. The zero-order valence-electron chi connectivity index (χ0n) is 7.02. The molecule has 0 aliphatic carbocycles. The third-order valence-electron chi connectivity index (χ3n) is 1.67. The first-order chi connectivity index (χ1) is 5.95. The Morgan fingerprint density at radius 3 is 2.46 bits per heavy atom. The second kappa shape index (κ2) is 3.24. The monoisotopic (exact) mass is 190 g/mol. The molecule has 0 saturated carbocycles. The molecule has 72 valence electrons. The van der Waals surface area contributed by atoms with Gasteiger partial charge in [-0.05, 0) is 12.5 Å². The first-order valence-electron chi connectivity index (χ1n) is 3.76. The lowest BCUT2D eigenvalue weighted by molar-refractivity contribution is -0.137. The Bertz CT molecular complexity index is 307. The Morgan fingerprint density at radius 1 is 1.46 bits per heavy atom. The number of hydrogen-bond donors (Lipinski definition) is 1. The van der Waals surface area contributed by atoms with E-state index in [1.807, 2.05) is 0 Å². The summed E-state index contributed by atoms with van der Waals surface area (Å²) in [4.78, 5) is 3.62. The molecule has 0 radical (unpaired) electrons. The number of anilines is 1. The number of nitrogen functional groups attached to an aromatic ring is 1. The van der Waals surface area contributed by atoms with Crippen molar-refractivity contribution in [1.29, 1.82) is 0 Å². The summed E-state index contributed by atoms with van der Waals surface area (Å²) < 4.78 is 36.3. The van der Waals surface area contributed by atoms with Crippen LogP contribution in [0, 0.1) is 0 Å². The lowest BCUT2D eigenvalue weighted by Gasteiger charge is -2.08. The van der Waals surface area contributed by atoms with Crippen molar-refractivity contribution in [3.63, 3.8) is 0 Å². The molecule has 0 saturated heterocycles. The van der Waals surface area contributed by atoms with Gasteiger partial charge in [-0.15, -0.1) is 0 Å². The molecule has 0 aliphatic heterocycles. The number of alkyl halides is 3. The minimum absolute atomic E-state index is 0.0947. The van der Waals surface area contributed by atoms with Gasteiger partial charge in [-0.1, -0.05) is 6.92 Å². The van der Waals surface area contributed by atoms with Crippen molar-refractivity contribution in [2.45, 2.75) is 19.5 Å². The van der Waals surface area contributed by atoms with Gasteiger partial charge in [-0.2, -0.15) is 13.2 Å². The third kappa shape index (κ3) is 2.11. The quantitative estimate of drug-likeness (QED) is 0.737. The van der Waals surface area contributed by atoms with E-state index in [9.17, 15) is 13.2 Å². The average molecular weight is 190 g/mol. The molecule has 1 rings (SSSR count). The Hall–Kier alpha value is -1.26. The molecule has 1 heterocycles. The smallest absolute Gasteiger partial charge is 0.397 e. The fraction of sp³-hybridized carbons (Fsp3) is 0.375. The first-order valence-corrected chi connectivity index (χ1v) is 3.76. The zero-order chi connectivity index (χ0) is 10.1. The van der Waals surface area contributed by atoms with E-state index < -0.39 is 11.7 Å². The second-order valence-electron chi connectivity index (χ2n) is 2.61. The predicted molar refractivity (Wildman–Crippen MR) is 43.0 cm³/mol. The first kappa shape index (κ1) is 9.83. The van der Waals surface area contributed by atoms with Crippen molar-refractivity contribution in [3.05, 3.63) is 23.5 Å². The van der Waals surface area contributed by atoms with Gasteiger partial charge in [0.05, 0.1) is 16.9 Å². The van der Waals surface area contributed by atoms with Gasteiger partial charge < -0.3 is 5.73 Å². The van der Waals surface area contributed by atoms with Crippen LogP contribution >= 0.6 is 0 Å². The molecule has 0 aliphatic rings. The van der Waals surface area contributed by atoms with E-state index in [4.69, 9.17) is 5.73 Å². The Labute approximate surface area is 73.6 Å². The molecular formula is C8H9F3N2. The molecule has 5 heteroatoms. The maximum absolute atomic E-state index is 12.1. The number of nitrogens with zero attached hydrogens (tertiary/aromatic N) is 1. The summed E-state index contributed by atoms with van der Waals surface area (Å²) >= 11 is 0. The van der Waals surface area contributed by atoms with Crippen LogP contribution in [0.4, 0.5) is 18.9 Å². The van der Waals surface area contributed by atoms with Crippen molar-refractivity contribution in [3.8, 4) is 0 Å². The lowest BCUT2D eigenvalue weighted by atomic mass is 10.2. The van der Waals surface area contributed by atoms with E-state index >= 15 is 0 Å². The minimum Gasteiger partial charge on any atom is -0.397 e. The number of pyridine rings is 1. The highest BCUT2D eigenvalue weighted by Crippen LogP contribution is 2.30. The number of aryl methyl sites for hydroxylation is 1. The highest BCUT2D eigenvalue weighted by Gasteiger charge is 2.31. The van der Waals surface area contributed by atoms with Crippen LogP contribution in [-0.4, -0.2) is 4.98 Å². The van der Waals surface area contributed by atoms with Crippen molar-refractivity contribution in [2.24, 2.45) is 0 Å². The maximum atomic E-state index is 12.1. The van der Waals surface area contributed by atoms with Crippen LogP contribution in [0.2, 0.25) is 0 Å². The van der Waals surface area contributed by atoms with E-state index in [2.05, 4.69) is 4.98 Å². The van der Waals surface area contributed by atoms with E-state index in [1.165, 1.54) is 0 Å². The maximum Gasteiger partial charge on any atom is 0.417 e. The number of rotatable bonds is 1. The zero-order valence-corrected chi connectivity index (χ0v) is 7.02. The van der Waals surface area contributed by atoms with Crippen LogP contribution in [0.1, 0.15) is 18.2 Å². The molecule has 0 fully saturated rings. The van der Waals surface area contributed by atoms with Crippen LogP contribution in [-0.2, 0) is 12.6 Å². The summed E-state index contributed by atoms with van der Waals surface area (Å²) in [5, 5.41) is 0. The van der Waals surface area contributed by atoms with Crippen LogP contribution in [0.15, 0.2) is 12.3 Å². The van der Waals surface area contributed by atoms with Crippen LogP contribution < -0.4 is 5.73 Å². The minimum atomic E-state index is -4.37. The molecule has 0 unspecified atom stereocenters. The van der Waals surface area contributed by atoms with Gasteiger partial charge in [-0.25, -0.2) is 0 Å². The molecule has 0 atom stereocenters. The number of aromatic nitrogens is 1. The second-order valence-corrected chi connectivity index (χ2v) is 2.61. The molecule has 0 spiro atoms. The van der Waals surface area contributed by atoms with Crippen LogP contribution in [0.5, 0.6) is 0 Å². The van der Waals surface area contributed by atoms with Gasteiger partial charge in [0, 0.05) is 6.20 Å². The molecular weight excluding hydrogens is 181 g/mol. The summed E-state index contributed by atoms with van der Waals surface area (Å²) in [5.74, 6) is 0. The largest absolute Gasteiger partial charge is 0.417 e. The third-order valence-corrected chi connectivity index (χ3v) is 1.67. The van der Waals surface area contributed by atoms with Crippen molar-refractivity contribution in [1.82, 2.24) is 4.98 Å². The summed E-state index contributed by atoms with van der Waals surface area (Å²) in [5.41, 5.74) is 5.15. The van der Waals surface area contributed by atoms with Crippen LogP contribution in [0.25, 0.3) is 0 Å². The van der Waals surface area contributed by atoms with Gasteiger partial charge >= 0.3 is 6.18 Å². The average Bonchev–Trinajstić information content (AvgIpc) is 2.02. The van der Waals surface area contributed by atoms with Crippen molar-refractivity contribution in [2.75, 3.05) is 5.73 Å². The molecule has 0 bridgehead atoms. The number of nitrogens with two attached hydrogens (primary N) is 1. The molecule has 1 aromatic rings. The van der Waals surface area contributed by atoms with E-state index in [0.29, 0.717) is 12.1 Å². The molecule has 2 N–H and O–H groups in total. The van der Waals surface area contributed by atoms with Gasteiger partial charge in [0.1, 0.15) is 0 Å². The van der Waals surface area contributed by atoms with E-state index in [-0.39, 0.29) is 5.69 Å². The number of hydrogen-bond acceptors (Lipinski definition) is 2. The van der Waals surface area contributed by atoms with Gasteiger partial charge in [-0.3, -0.25) is 4.98 Å². The van der Waals surface area contributed by atoms with Crippen molar-refractivity contribution < 1.29 is 13.2 Å². The van der Waals surface area contributed by atoms with Crippen LogP contribution in [0.3, 0.4) is 0 Å². The van der Waals surface area contributed by atoms with E-state index in [0.717, 1.165) is 12.3 Å². The normalized spacial score (nSPS) is 11.7. The number of halogens is 3. The Kier molecular flexibility index (Phi) is 2.45. The highest BCUT2D eigenvalue weighted by molar-refractivity contribution is 5.45. The molecule has 13 heavy (non-hydrogen) atoms. The molecule has 1 aromatic heterocycles. The fourth-order valence-electron chi connectivity index (χ4n) is 0.961. The highest BCUT2D eigenvalue weighted by atomic mass is 19.4. The summed E-state index contributed by atoms with van der Waals surface area (Å²) in [6.45, 7) is 1.78. The summed E-state index contributed by atoms with van der Waals surface area (Å²) in [7, 11) is 0. The van der Waals surface area contributed by atoms with Gasteiger partial charge in [0.15, 0.2) is 0 Å². The molecule has 2 nitrogen and oxygen atoms in total. The Morgan fingerprint density at radius 2 is 2.08 bits per heavy atom. The summed E-state index contributed by atoms with van der Waals surface area (Å²) in [6, 6.07) is 0.909. The fourth-order valence-corrected chi connectivity index (χ4v) is 0.961. The lowest BCUT2D eigenvalue weighted by Crippen LogP contribution is -2.08. The topological polar surface area (TPSA) is 38.9 Å². The summed E-state index contributed by atoms with van der Waals surface area (Å²) in [6.07, 6.45) is -3.04. The predicted octanol–water partition coefficient (Wildman–Crippen LogP) is 2.25. The van der Waals surface area contributed by atoms with Crippen molar-refractivity contribution >= 4 is 5.69 Å².